The Morgan fingerprint density at radius 2 is 2.06 bits per heavy atom. The van der Waals surface area contributed by atoms with Crippen molar-refractivity contribution in [2.75, 3.05) is 0 Å². The van der Waals surface area contributed by atoms with Crippen LogP contribution in [0.25, 0.3) is 0 Å². The maximum atomic E-state index is 11.0. The van der Waals surface area contributed by atoms with E-state index in [0.717, 1.165) is 25.7 Å². The van der Waals surface area contributed by atoms with Gasteiger partial charge in [0.2, 0.25) is 6.41 Å². The van der Waals surface area contributed by atoms with Gasteiger partial charge in [0.1, 0.15) is 0 Å². The molecule has 2 aromatic rings. The average molecular weight is 257 g/mol. The van der Waals surface area contributed by atoms with Gasteiger partial charge in [-0.3, -0.25) is 4.79 Å². The summed E-state index contributed by atoms with van der Waals surface area (Å²) in [6, 6.07) is 12.5. The minimum atomic E-state index is -0.221. The van der Waals surface area contributed by atoms with Crippen molar-refractivity contribution in [3.05, 3.63) is 57.8 Å². The fourth-order valence-corrected chi connectivity index (χ4v) is 3.83. The van der Waals surface area contributed by atoms with Crippen LogP contribution >= 0.6 is 11.3 Å². The van der Waals surface area contributed by atoms with E-state index < -0.39 is 0 Å². The van der Waals surface area contributed by atoms with Gasteiger partial charge in [0, 0.05) is 11.3 Å². The predicted octanol–water partition coefficient (Wildman–Crippen LogP) is 2.88. The Morgan fingerprint density at radius 1 is 1.22 bits per heavy atom. The lowest BCUT2D eigenvalue weighted by molar-refractivity contribution is -0.111. The minimum Gasteiger partial charge on any atom is -0.349 e. The van der Waals surface area contributed by atoms with Crippen molar-refractivity contribution < 1.29 is 4.79 Å². The summed E-state index contributed by atoms with van der Waals surface area (Å²) in [5, 5.41) is 5.22. The van der Waals surface area contributed by atoms with E-state index in [9.17, 15) is 4.79 Å². The third-order valence-electron chi connectivity index (χ3n) is 3.78. The Labute approximate surface area is 111 Å². The number of carbonyl (C=O) groups excluding carboxylic acids is 1. The molecule has 1 aromatic carbocycles. The third kappa shape index (κ3) is 1.85. The Morgan fingerprint density at radius 3 is 2.83 bits per heavy atom. The summed E-state index contributed by atoms with van der Waals surface area (Å²) in [6.45, 7) is 0. The first-order valence-electron chi connectivity index (χ1n) is 6.16. The highest BCUT2D eigenvalue weighted by atomic mass is 32.1. The van der Waals surface area contributed by atoms with Crippen molar-refractivity contribution in [2.24, 2.45) is 0 Å². The fraction of sp³-hybridized carbons (Fsp3) is 0.267. The molecule has 2 nitrogen and oxygen atoms in total. The number of aryl methyl sites for hydroxylation is 1. The molecule has 0 bridgehead atoms. The summed E-state index contributed by atoms with van der Waals surface area (Å²) in [4.78, 5) is 12.4. The standard InChI is InChI=1S/C15H15NOS/c17-11-16-15(13-4-2-1-3-5-13)8-6-12-7-9-18-14(12)10-15/h1-5,7,9,11H,6,8,10H2,(H,16,17). The van der Waals surface area contributed by atoms with Crippen LogP contribution in [0.2, 0.25) is 0 Å². The molecule has 1 aromatic heterocycles. The second kappa shape index (κ2) is 4.58. The van der Waals surface area contributed by atoms with E-state index >= 15 is 0 Å². The van der Waals surface area contributed by atoms with Gasteiger partial charge in [-0.1, -0.05) is 30.3 Å². The van der Waals surface area contributed by atoms with Crippen molar-refractivity contribution in [3.8, 4) is 0 Å². The van der Waals surface area contributed by atoms with E-state index in [2.05, 4.69) is 28.9 Å². The predicted molar refractivity (Wildman–Crippen MR) is 73.7 cm³/mol. The highest BCUT2D eigenvalue weighted by Gasteiger charge is 2.36. The van der Waals surface area contributed by atoms with Gasteiger partial charge in [-0.25, -0.2) is 0 Å². The quantitative estimate of drug-likeness (QED) is 0.842. The van der Waals surface area contributed by atoms with Gasteiger partial charge in [0.25, 0.3) is 0 Å². The smallest absolute Gasteiger partial charge is 0.207 e. The second-order valence-corrected chi connectivity index (χ2v) is 5.76. The van der Waals surface area contributed by atoms with E-state index in [1.807, 2.05) is 18.2 Å². The largest absolute Gasteiger partial charge is 0.349 e. The van der Waals surface area contributed by atoms with Crippen molar-refractivity contribution in [3.63, 3.8) is 0 Å². The van der Waals surface area contributed by atoms with Crippen LogP contribution in [0, 0.1) is 0 Å². The molecule has 1 unspecified atom stereocenters. The Bertz CT molecular complexity index is 549. The van der Waals surface area contributed by atoms with Crippen LogP contribution < -0.4 is 5.32 Å². The number of hydrogen-bond donors (Lipinski definition) is 1. The minimum absolute atomic E-state index is 0.221. The normalized spacial score (nSPS) is 22.2. The molecule has 3 heteroatoms. The number of benzene rings is 1. The lowest BCUT2D eigenvalue weighted by Gasteiger charge is -2.37. The molecular formula is C15H15NOS. The number of fused-ring (bicyclic) bond motifs is 1. The van der Waals surface area contributed by atoms with Crippen LogP contribution in [0.3, 0.4) is 0 Å². The van der Waals surface area contributed by atoms with Crippen molar-refractivity contribution in [1.82, 2.24) is 5.32 Å². The fourth-order valence-electron chi connectivity index (χ4n) is 2.78. The molecule has 18 heavy (non-hydrogen) atoms. The molecule has 0 fully saturated rings. The van der Waals surface area contributed by atoms with Crippen LogP contribution in [0.5, 0.6) is 0 Å². The zero-order chi connectivity index (χ0) is 12.4. The lowest BCUT2D eigenvalue weighted by atomic mass is 9.77. The van der Waals surface area contributed by atoms with Gasteiger partial charge < -0.3 is 5.32 Å². The summed E-state index contributed by atoms with van der Waals surface area (Å²) in [6.07, 6.45) is 3.75. The zero-order valence-corrected chi connectivity index (χ0v) is 10.9. The number of carbonyl (C=O) groups is 1. The Kier molecular flexibility index (Phi) is 2.92. The molecule has 1 aliphatic carbocycles. The van der Waals surface area contributed by atoms with E-state index in [-0.39, 0.29) is 5.54 Å². The highest BCUT2D eigenvalue weighted by Crippen LogP contribution is 2.38. The molecule has 0 saturated carbocycles. The van der Waals surface area contributed by atoms with Crippen molar-refractivity contribution in [2.45, 2.75) is 24.8 Å². The molecule has 0 spiro atoms. The van der Waals surface area contributed by atoms with Crippen molar-refractivity contribution >= 4 is 17.7 Å². The van der Waals surface area contributed by atoms with Gasteiger partial charge in [0.05, 0.1) is 5.54 Å². The van der Waals surface area contributed by atoms with E-state index in [0.29, 0.717) is 0 Å². The first-order chi connectivity index (χ1) is 8.84. The third-order valence-corrected chi connectivity index (χ3v) is 4.75. The molecule has 0 saturated heterocycles. The van der Waals surface area contributed by atoms with Gasteiger partial charge in [-0.05, 0) is 35.4 Å². The zero-order valence-electron chi connectivity index (χ0n) is 10.1. The molecule has 1 aliphatic rings. The Hall–Kier alpha value is -1.61. The topological polar surface area (TPSA) is 29.1 Å². The molecule has 0 aliphatic heterocycles. The summed E-state index contributed by atoms with van der Waals surface area (Å²) in [5.74, 6) is 0. The second-order valence-electron chi connectivity index (χ2n) is 4.76. The maximum absolute atomic E-state index is 11.0. The monoisotopic (exact) mass is 257 g/mol. The number of rotatable bonds is 3. The van der Waals surface area contributed by atoms with Crippen LogP contribution in [0.1, 0.15) is 22.4 Å². The lowest BCUT2D eigenvalue weighted by Crippen LogP contribution is -2.45. The molecule has 1 N–H and O–H groups in total. The molecular weight excluding hydrogens is 242 g/mol. The number of hydrogen-bond acceptors (Lipinski definition) is 2. The summed E-state index contributed by atoms with van der Waals surface area (Å²) in [5.41, 5.74) is 2.43. The van der Waals surface area contributed by atoms with Gasteiger partial charge in [-0.15, -0.1) is 11.3 Å². The van der Waals surface area contributed by atoms with E-state index in [1.165, 1.54) is 16.0 Å². The van der Waals surface area contributed by atoms with Gasteiger partial charge in [-0.2, -0.15) is 0 Å². The maximum Gasteiger partial charge on any atom is 0.207 e. The van der Waals surface area contributed by atoms with Crippen LogP contribution in [-0.2, 0) is 23.2 Å². The number of nitrogens with one attached hydrogen (secondary N) is 1. The SMILES string of the molecule is O=CNC1(c2ccccc2)CCc2ccsc2C1. The van der Waals surface area contributed by atoms with Crippen LogP contribution in [0.15, 0.2) is 41.8 Å². The van der Waals surface area contributed by atoms with Crippen LogP contribution in [-0.4, -0.2) is 6.41 Å². The Balaban J connectivity index is 2.02. The molecule has 1 atom stereocenters. The van der Waals surface area contributed by atoms with Crippen molar-refractivity contribution in [1.29, 1.82) is 0 Å². The molecule has 92 valence electrons. The molecule has 3 rings (SSSR count). The summed E-state index contributed by atoms with van der Waals surface area (Å²) >= 11 is 1.79. The van der Waals surface area contributed by atoms with Gasteiger partial charge in [0.15, 0.2) is 0 Å². The van der Waals surface area contributed by atoms with E-state index in [1.54, 1.807) is 11.3 Å². The first-order valence-corrected chi connectivity index (χ1v) is 7.04. The summed E-state index contributed by atoms with van der Waals surface area (Å²) < 4.78 is 0. The average Bonchev–Trinajstić information content (AvgIpc) is 2.87. The number of thiophene rings is 1. The van der Waals surface area contributed by atoms with E-state index in [4.69, 9.17) is 0 Å². The van der Waals surface area contributed by atoms with Gasteiger partial charge >= 0.3 is 0 Å². The summed E-state index contributed by atoms with van der Waals surface area (Å²) in [7, 11) is 0. The highest BCUT2D eigenvalue weighted by molar-refractivity contribution is 7.10. The molecule has 1 heterocycles. The molecule has 0 radical (unpaired) electrons. The first kappa shape index (κ1) is 11.5. The van der Waals surface area contributed by atoms with Crippen LogP contribution in [0.4, 0.5) is 0 Å². The molecule has 1 amide bonds. The number of amides is 1.